The molecule has 2 N–H and O–H groups in total. The molecule has 1 aromatic heterocycles. The molecular weight excluding hydrogens is 257 g/mol. The van der Waals surface area contributed by atoms with Crippen LogP contribution in [0.5, 0.6) is 0 Å². The van der Waals surface area contributed by atoms with Gasteiger partial charge in [-0.2, -0.15) is 13.2 Å². The number of hydrogen-bond acceptors (Lipinski definition) is 3. The van der Waals surface area contributed by atoms with Crippen molar-refractivity contribution < 1.29 is 17.7 Å². The number of nitrogens with zero attached hydrogens (tertiary/aromatic N) is 1. The van der Waals surface area contributed by atoms with Crippen LogP contribution in [-0.2, 0) is 0 Å². The molecule has 1 heterocycles. The molecule has 1 fully saturated rings. The van der Waals surface area contributed by atoms with E-state index in [0.29, 0.717) is 24.1 Å². The van der Waals surface area contributed by atoms with Gasteiger partial charge in [-0.1, -0.05) is 31.8 Å². The summed E-state index contributed by atoms with van der Waals surface area (Å²) >= 11 is 0. The van der Waals surface area contributed by atoms with Crippen LogP contribution in [0.15, 0.2) is 4.52 Å². The molecule has 0 radical (unpaired) electrons. The summed E-state index contributed by atoms with van der Waals surface area (Å²) < 4.78 is 44.3. The Morgan fingerprint density at radius 1 is 1.26 bits per heavy atom. The highest BCUT2D eigenvalue weighted by Crippen LogP contribution is 2.48. The molecule has 2 unspecified atom stereocenters. The summed E-state index contributed by atoms with van der Waals surface area (Å²) in [6.45, 7) is 3.77. The van der Waals surface area contributed by atoms with Gasteiger partial charge in [0, 0.05) is 11.5 Å². The Labute approximate surface area is 110 Å². The Kier molecular flexibility index (Phi) is 3.78. The molecule has 0 saturated heterocycles. The van der Waals surface area contributed by atoms with Gasteiger partial charge in [0.25, 0.3) is 0 Å². The Balaban J connectivity index is 2.38. The minimum absolute atomic E-state index is 0.0112. The summed E-state index contributed by atoms with van der Waals surface area (Å²) in [6, 6.07) is 0. The Morgan fingerprint density at radius 2 is 1.89 bits per heavy atom. The maximum atomic E-state index is 13.1. The van der Waals surface area contributed by atoms with Gasteiger partial charge in [-0.25, -0.2) is 0 Å². The number of alkyl halides is 3. The zero-order valence-corrected chi connectivity index (χ0v) is 11.1. The van der Waals surface area contributed by atoms with Crippen LogP contribution in [-0.4, -0.2) is 11.3 Å². The van der Waals surface area contributed by atoms with Gasteiger partial charge < -0.3 is 10.3 Å². The van der Waals surface area contributed by atoms with Gasteiger partial charge in [0.05, 0.1) is 11.6 Å². The zero-order valence-electron chi connectivity index (χ0n) is 11.1. The van der Waals surface area contributed by atoms with Crippen LogP contribution in [0.25, 0.3) is 0 Å². The molecule has 108 valence electrons. The second kappa shape index (κ2) is 5.06. The van der Waals surface area contributed by atoms with E-state index in [1.807, 2.05) is 13.8 Å². The lowest BCUT2D eigenvalue weighted by molar-refractivity contribution is -0.187. The molecule has 0 aliphatic heterocycles. The standard InChI is InChI=1S/C13H19F3N2O/c1-7(2)10-11(18-19-12(10)17)8-5-3-4-6-9(8)13(14,15)16/h7-9H,3-6,17H2,1-2H3. The van der Waals surface area contributed by atoms with Crippen LogP contribution < -0.4 is 5.73 Å². The van der Waals surface area contributed by atoms with Crippen LogP contribution in [0, 0.1) is 5.92 Å². The number of anilines is 1. The molecule has 0 amide bonds. The van der Waals surface area contributed by atoms with Crippen molar-refractivity contribution in [1.82, 2.24) is 5.16 Å². The normalized spacial score (nSPS) is 24.9. The molecule has 1 aliphatic carbocycles. The predicted molar refractivity (Wildman–Crippen MR) is 65.8 cm³/mol. The van der Waals surface area contributed by atoms with E-state index in [1.54, 1.807) is 0 Å². The molecule has 2 rings (SSSR count). The summed E-state index contributed by atoms with van der Waals surface area (Å²) in [5.41, 5.74) is 6.74. The highest BCUT2D eigenvalue weighted by Gasteiger charge is 2.47. The molecule has 19 heavy (non-hydrogen) atoms. The third-order valence-corrected chi connectivity index (χ3v) is 3.90. The lowest BCUT2D eigenvalue weighted by atomic mass is 9.75. The molecular formula is C13H19F3N2O. The maximum absolute atomic E-state index is 13.1. The van der Waals surface area contributed by atoms with Gasteiger partial charge in [-0.05, 0) is 18.8 Å². The number of aromatic nitrogens is 1. The summed E-state index contributed by atoms with van der Waals surface area (Å²) in [6.07, 6.45) is -2.12. The topological polar surface area (TPSA) is 52.0 Å². The SMILES string of the molecule is CC(C)c1c(C2CCCCC2C(F)(F)F)noc1N. The first kappa shape index (κ1) is 14.2. The summed E-state index contributed by atoms with van der Waals surface area (Å²) in [5, 5.41) is 3.82. The minimum Gasteiger partial charge on any atom is -0.367 e. The summed E-state index contributed by atoms with van der Waals surface area (Å²) in [4.78, 5) is 0. The fraction of sp³-hybridized carbons (Fsp3) is 0.769. The number of nitrogens with two attached hydrogens (primary N) is 1. The van der Waals surface area contributed by atoms with Crippen molar-refractivity contribution in [2.24, 2.45) is 5.92 Å². The van der Waals surface area contributed by atoms with Crippen molar-refractivity contribution >= 4 is 5.88 Å². The smallest absolute Gasteiger partial charge is 0.367 e. The maximum Gasteiger partial charge on any atom is 0.392 e. The Bertz CT molecular complexity index is 440. The monoisotopic (exact) mass is 276 g/mol. The van der Waals surface area contributed by atoms with Gasteiger partial charge >= 0.3 is 6.18 Å². The minimum atomic E-state index is -4.19. The zero-order chi connectivity index (χ0) is 14.2. The van der Waals surface area contributed by atoms with Crippen LogP contribution in [0.4, 0.5) is 19.1 Å². The molecule has 2 atom stereocenters. The first-order valence-corrected chi connectivity index (χ1v) is 6.64. The second-order valence-corrected chi connectivity index (χ2v) is 5.54. The largest absolute Gasteiger partial charge is 0.392 e. The quantitative estimate of drug-likeness (QED) is 0.880. The lowest BCUT2D eigenvalue weighted by Gasteiger charge is -2.32. The first-order chi connectivity index (χ1) is 8.82. The molecule has 1 aromatic rings. The molecule has 1 aliphatic rings. The summed E-state index contributed by atoms with van der Waals surface area (Å²) in [5.74, 6) is -1.79. The van der Waals surface area contributed by atoms with Crippen molar-refractivity contribution in [1.29, 1.82) is 0 Å². The van der Waals surface area contributed by atoms with Crippen molar-refractivity contribution in [2.45, 2.75) is 57.5 Å². The van der Waals surface area contributed by atoms with E-state index in [-0.39, 0.29) is 18.2 Å². The van der Waals surface area contributed by atoms with E-state index < -0.39 is 18.0 Å². The van der Waals surface area contributed by atoms with Gasteiger partial charge in [0.1, 0.15) is 0 Å². The molecule has 0 spiro atoms. The van der Waals surface area contributed by atoms with Crippen molar-refractivity contribution in [3.63, 3.8) is 0 Å². The number of nitrogen functional groups attached to an aromatic ring is 1. The fourth-order valence-corrected chi connectivity index (χ4v) is 3.02. The first-order valence-electron chi connectivity index (χ1n) is 6.64. The number of halogens is 3. The second-order valence-electron chi connectivity index (χ2n) is 5.54. The lowest BCUT2D eigenvalue weighted by Crippen LogP contribution is -2.32. The highest BCUT2D eigenvalue weighted by atomic mass is 19.4. The van der Waals surface area contributed by atoms with Crippen LogP contribution >= 0.6 is 0 Å². The predicted octanol–water partition coefficient (Wildman–Crippen LogP) is 4.22. The molecule has 3 nitrogen and oxygen atoms in total. The van der Waals surface area contributed by atoms with Crippen LogP contribution in [0.2, 0.25) is 0 Å². The highest BCUT2D eigenvalue weighted by molar-refractivity contribution is 5.43. The molecule has 1 saturated carbocycles. The molecule has 6 heteroatoms. The van der Waals surface area contributed by atoms with Crippen LogP contribution in [0.1, 0.15) is 62.6 Å². The van der Waals surface area contributed by atoms with E-state index >= 15 is 0 Å². The van der Waals surface area contributed by atoms with Crippen molar-refractivity contribution in [3.05, 3.63) is 11.3 Å². The van der Waals surface area contributed by atoms with E-state index in [4.69, 9.17) is 10.3 Å². The van der Waals surface area contributed by atoms with E-state index in [2.05, 4.69) is 5.16 Å². The number of rotatable bonds is 2. The molecule has 0 aromatic carbocycles. The van der Waals surface area contributed by atoms with Gasteiger partial charge in [-0.3, -0.25) is 0 Å². The van der Waals surface area contributed by atoms with E-state index in [1.165, 1.54) is 0 Å². The van der Waals surface area contributed by atoms with E-state index in [9.17, 15) is 13.2 Å². The third kappa shape index (κ3) is 2.72. The van der Waals surface area contributed by atoms with Gasteiger partial charge in [0.15, 0.2) is 0 Å². The fourth-order valence-electron chi connectivity index (χ4n) is 3.02. The average Bonchev–Trinajstić information content (AvgIpc) is 2.70. The van der Waals surface area contributed by atoms with Gasteiger partial charge in [-0.15, -0.1) is 0 Å². The van der Waals surface area contributed by atoms with Crippen LogP contribution in [0.3, 0.4) is 0 Å². The average molecular weight is 276 g/mol. The Hall–Kier alpha value is -1.20. The number of hydrogen-bond donors (Lipinski definition) is 1. The van der Waals surface area contributed by atoms with Crippen molar-refractivity contribution in [3.8, 4) is 0 Å². The third-order valence-electron chi connectivity index (χ3n) is 3.90. The molecule has 0 bridgehead atoms. The summed E-state index contributed by atoms with van der Waals surface area (Å²) in [7, 11) is 0. The van der Waals surface area contributed by atoms with E-state index in [0.717, 1.165) is 6.42 Å². The Morgan fingerprint density at radius 3 is 2.47 bits per heavy atom. The van der Waals surface area contributed by atoms with Gasteiger partial charge in [0.2, 0.25) is 5.88 Å². The van der Waals surface area contributed by atoms with Crippen molar-refractivity contribution in [2.75, 3.05) is 5.73 Å².